The molecule has 1 amide bonds. The van der Waals surface area contributed by atoms with E-state index in [2.05, 4.69) is 25.4 Å². The fourth-order valence-electron chi connectivity index (χ4n) is 4.30. The van der Waals surface area contributed by atoms with Crippen LogP contribution in [0.4, 0.5) is 13.2 Å². The number of carbonyl (C=O) groups excluding carboxylic acids is 1. The molecule has 186 valence electrons. The molecule has 2 aliphatic rings. The van der Waals surface area contributed by atoms with Crippen LogP contribution in [0.5, 0.6) is 0 Å². The van der Waals surface area contributed by atoms with Crippen LogP contribution < -0.4 is 5.32 Å². The predicted molar refractivity (Wildman–Crippen MR) is 119 cm³/mol. The Morgan fingerprint density at radius 2 is 1.83 bits per heavy atom. The van der Waals surface area contributed by atoms with Crippen molar-refractivity contribution in [3.8, 4) is 0 Å². The van der Waals surface area contributed by atoms with Crippen LogP contribution in [0, 0.1) is 11.8 Å². The first-order chi connectivity index (χ1) is 16.7. The normalized spacial score (nSPS) is 19.3. The highest BCUT2D eigenvalue weighted by Gasteiger charge is 2.39. The highest BCUT2D eigenvalue weighted by Crippen LogP contribution is 2.33. The topological polar surface area (TPSA) is 113 Å². The van der Waals surface area contributed by atoms with Gasteiger partial charge < -0.3 is 15.0 Å². The summed E-state index contributed by atoms with van der Waals surface area (Å²) in [6, 6.07) is 9.91. The lowest BCUT2D eigenvalue weighted by atomic mass is 9.89. The third-order valence-electron chi connectivity index (χ3n) is 5.93. The van der Waals surface area contributed by atoms with Crippen LogP contribution in [0.15, 0.2) is 41.9 Å². The van der Waals surface area contributed by atoms with Crippen molar-refractivity contribution in [3.63, 3.8) is 0 Å². The van der Waals surface area contributed by atoms with Crippen LogP contribution in [0.1, 0.15) is 27.0 Å². The third-order valence-corrected chi connectivity index (χ3v) is 6.69. The minimum Gasteiger partial charge on any atom is -0.475 e. The zero-order valence-electron chi connectivity index (χ0n) is 18.5. The number of amides is 1. The minimum absolute atomic E-state index is 0.154. The average molecular weight is 509 g/mol. The molecule has 1 fully saturated rings. The first-order valence-electron chi connectivity index (χ1n) is 10.9. The van der Waals surface area contributed by atoms with Gasteiger partial charge in [0.25, 0.3) is 5.91 Å². The monoisotopic (exact) mass is 508 g/mol. The Kier molecular flexibility index (Phi) is 7.45. The number of rotatable bonds is 5. The number of aliphatic carboxylic acids is 1. The molecule has 2 aliphatic heterocycles. The van der Waals surface area contributed by atoms with E-state index in [1.165, 1.54) is 5.01 Å². The Morgan fingerprint density at radius 3 is 2.49 bits per heavy atom. The fourth-order valence-corrected chi connectivity index (χ4v) is 4.96. The van der Waals surface area contributed by atoms with E-state index in [-0.39, 0.29) is 5.91 Å². The Bertz CT molecular complexity index is 1150. The molecule has 2 aromatic heterocycles. The third kappa shape index (κ3) is 6.22. The molecule has 0 bridgehead atoms. The number of carboxylic acids is 1. The summed E-state index contributed by atoms with van der Waals surface area (Å²) in [6.07, 6.45) is -2.33. The summed E-state index contributed by atoms with van der Waals surface area (Å²) in [5.41, 5.74) is 1.07. The smallest absolute Gasteiger partial charge is 0.475 e. The molecule has 0 radical (unpaired) electrons. The predicted octanol–water partition coefficient (Wildman–Crippen LogP) is 2.60. The molecule has 2 N–H and O–H groups in total. The average Bonchev–Trinajstić information content (AvgIpc) is 3.56. The molecular weight excluding hydrogens is 485 g/mol. The number of hydrogen-bond donors (Lipinski definition) is 2. The van der Waals surface area contributed by atoms with Gasteiger partial charge in [-0.3, -0.25) is 9.69 Å². The number of benzene rings is 1. The zero-order chi connectivity index (χ0) is 25.0. The van der Waals surface area contributed by atoms with Gasteiger partial charge in [-0.15, -0.1) is 21.5 Å². The van der Waals surface area contributed by atoms with E-state index in [0.717, 1.165) is 44.0 Å². The molecule has 4 heterocycles. The fraction of sp³-hybridized carbons (Fsp3) is 0.409. The number of halogens is 3. The van der Waals surface area contributed by atoms with Crippen LogP contribution >= 0.6 is 11.3 Å². The summed E-state index contributed by atoms with van der Waals surface area (Å²) < 4.78 is 33.8. The molecule has 35 heavy (non-hydrogen) atoms. The van der Waals surface area contributed by atoms with E-state index in [1.807, 2.05) is 46.5 Å². The standard InChI is InChI=1S/C20H22N6OS.C2HF3O2/c27-20(22-9-14-4-2-1-3-5-14)19-24-23-17-8-15-10-25(11-16(15)12-26(17)19)13-18-21-6-7-28-18;3-2(4,5)1(6)7/h1-7,15-16H,8-13H2,(H,22,27);(H,6,7). The summed E-state index contributed by atoms with van der Waals surface area (Å²) in [4.78, 5) is 28.4. The lowest BCUT2D eigenvalue weighted by Gasteiger charge is -2.25. The first-order valence-corrected chi connectivity index (χ1v) is 11.7. The number of fused-ring (bicyclic) bond motifs is 2. The Hall–Kier alpha value is -3.32. The molecule has 1 saturated heterocycles. The number of alkyl halides is 3. The van der Waals surface area contributed by atoms with Crippen molar-refractivity contribution in [1.29, 1.82) is 0 Å². The van der Waals surface area contributed by atoms with E-state index in [1.54, 1.807) is 11.3 Å². The van der Waals surface area contributed by atoms with E-state index in [4.69, 9.17) is 9.90 Å². The lowest BCUT2D eigenvalue weighted by Crippen LogP contribution is -2.32. The molecule has 0 saturated carbocycles. The van der Waals surface area contributed by atoms with Gasteiger partial charge in [0.2, 0.25) is 5.82 Å². The van der Waals surface area contributed by atoms with Gasteiger partial charge in [0, 0.05) is 44.2 Å². The van der Waals surface area contributed by atoms with Gasteiger partial charge in [0.1, 0.15) is 10.8 Å². The van der Waals surface area contributed by atoms with E-state index in [9.17, 15) is 18.0 Å². The van der Waals surface area contributed by atoms with Gasteiger partial charge in [-0.1, -0.05) is 30.3 Å². The minimum atomic E-state index is -5.08. The maximum absolute atomic E-state index is 12.7. The number of aromatic nitrogens is 4. The highest BCUT2D eigenvalue weighted by molar-refractivity contribution is 7.09. The van der Waals surface area contributed by atoms with Crippen molar-refractivity contribution in [2.45, 2.75) is 32.2 Å². The largest absolute Gasteiger partial charge is 0.490 e. The zero-order valence-corrected chi connectivity index (χ0v) is 19.3. The summed E-state index contributed by atoms with van der Waals surface area (Å²) >= 11 is 1.71. The second-order valence-corrected chi connectivity index (χ2v) is 9.34. The van der Waals surface area contributed by atoms with E-state index in [0.29, 0.717) is 24.2 Å². The van der Waals surface area contributed by atoms with Crippen LogP contribution in [-0.2, 0) is 30.8 Å². The summed E-state index contributed by atoms with van der Waals surface area (Å²) in [5, 5.41) is 21.8. The molecule has 0 spiro atoms. The number of nitrogens with zero attached hydrogens (tertiary/aromatic N) is 5. The van der Waals surface area contributed by atoms with E-state index >= 15 is 0 Å². The van der Waals surface area contributed by atoms with E-state index < -0.39 is 12.1 Å². The van der Waals surface area contributed by atoms with Crippen LogP contribution in [0.25, 0.3) is 0 Å². The van der Waals surface area contributed by atoms with Crippen molar-refractivity contribution in [2.75, 3.05) is 13.1 Å². The van der Waals surface area contributed by atoms with Crippen molar-refractivity contribution in [2.24, 2.45) is 11.8 Å². The maximum Gasteiger partial charge on any atom is 0.490 e. The van der Waals surface area contributed by atoms with Crippen molar-refractivity contribution in [1.82, 2.24) is 30.0 Å². The Morgan fingerprint density at radius 1 is 1.11 bits per heavy atom. The molecule has 0 aliphatic carbocycles. The summed E-state index contributed by atoms with van der Waals surface area (Å²) in [6.45, 7) is 4.32. The summed E-state index contributed by atoms with van der Waals surface area (Å²) in [7, 11) is 0. The quantitative estimate of drug-likeness (QED) is 0.545. The molecule has 1 aromatic carbocycles. The van der Waals surface area contributed by atoms with Gasteiger partial charge in [-0.05, 0) is 17.4 Å². The van der Waals surface area contributed by atoms with Crippen molar-refractivity contribution < 1.29 is 27.9 Å². The molecule has 13 heteroatoms. The summed E-state index contributed by atoms with van der Waals surface area (Å²) in [5.74, 6) is -0.433. The second kappa shape index (κ2) is 10.5. The van der Waals surface area contributed by atoms with Crippen LogP contribution in [0.3, 0.4) is 0 Å². The SMILES string of the molecule is O=C(NCc1ccccc1)c1nnc2n1CC1CN(Cc3nccs3)CC1C2.O=C(O)C(F)(F)F. The van der Waals surface area contributed by atoms with Crippen LogP contribution in [0.2, 0.25) is 0 Å². The molecular formula is C22H23F3N6O3S. The van der Waals surface area contributed by atoms with Gasteiger partial charge in [0.05, 0.1) is 6.54 Å². The van der Waals surface area contributed by atoms with Gasteiger partial charge >= 0.3 is 12.1 Å². The van der Waals surface area contributed by atoms with Crippen molar-refractivity contribution in [3.05, 3.63) is 64.1 Å². The molecule has 2 atom stereocenters. The Labute approximate surface area is 202 Å². The van der Waals surface area contributed by atoms with Crippen LogP contribution in [-0.4, -0.2) is 60.9 Å². The van der Waals surface area contributed by atoms with Gasteiger partial charge in [-0.2, -0.15) is 13.2 Å². The molecule has 9 nitrogen and oxygen atoms in total. The van der Waals surface area contributed by atoms with Gasteiger partial charge in [-0.25, -0.2) is 9.78 Å². The maximum atomic E-state index is 12.7. The van der Waals surface area contributed by atoms with Gasteiger partial charge in [0.15, 0.2) is 0 Å². The molecule has 2 unspecified atom stereocenters. The lowest BCUT2D eigenvalue weighted by molar-refractivity contribution is -0.192. The molecule has 5 rings (SSSR count). The Balaban J connectivity index is 0.000000364. The molecule has 3 aromatic rings. The number of carbonyl (C=O) groups is 2. The van der Waals surface area contributed by atoms with Crippen molar-refractivity contribution >= 4 is 23.2 Å². The number of likely N-dealkylation sites (tertiary alicyclic amines) is 1. The number of hydrogen-bond acceptors (Lipinski definition) is 7. The highest BCUT2D eigenvalue weighted by atomic mass is 32.1. The second-order valence-electron chi connectivity index (χ2n) is 8.37. The number of carboxylic acid groups (broad SMARTS) is 1. The number of thiazole rings is 1. The first kappa shape index (κ1) is 24.8. The number of nitrogens with one attached hydrogen (secondary N) is 1.